The first kappa shape index (κ1) is 20.9. The second-order valence-corrected chi connectivity index (χ2v) is 7.00. The molecule has 0 saturated carbocycles. The number of alkyl halides is 3. The Hall–Kier alpha value is -2.83. The fourth-order valence-corrected chi connectivity index (χ4v) is 4.04. The first-order valence-corrected chi connectivity index (χ1v) is 9.27. The van der Waals surface area contributed by atoms with Gasteiger partial charge in [-0.05, 0) is 31.7 Å². The van der Waals surface area contributed by atoms with Crippen LogP contribution in [-0.4, -0.2) is 59.0 Å². The fraction of sp³-hybridized carbons (Fsp3) is 0.438. The van der Waals surface area contributed by atoms with Gasteiger partial charge in [0.15, 0.2) is 5.17 Å². The normalized spacial score (nSPS) is 20.4. The Morgan fingerprint density at radius 1 is 1.34 bits per heavy atom. The predicted octanol–water partition coefficient (Wildman–Crippen LogP) is 3.01. The second kappa shape index (κ2) is 7.21. The van der Waals surface area contributed by atoms with Crippen molar-refractivity contribution in [3.8, 4) is 0 Å². The van der Waals surface area contributed by atoms with E-state index in [1.165, 1.54) is 28.0 Å². The van der Waals surface area contributed by atoms with E-state index in [2.05, 4.69) is 14.7 Å². The maximum atomic E-state index is 14.0. The van der Waals surface area contributed by atoms with Crippen LogP contribution in [0.1, 0.15) is 13.8 Å². The molecule has 13 heteroatoms. The van der Waals surface area contributed by atoms with Gasteiger partial charge in [0.2, 0.25) is 5.96 Å². The summed E-state index contributed by atoms with van der Waals surface area (Å²) in [6.45, 7) is 4.07. The van der Waals surface area contributed by atoms with Gasteiger partial charge in [-0.2, -0.15) is 13.2 Å². The van der Waals surface area contributed by atoms with E-state index < -0.39 is 22.7 Å². The Balaban J connectivity index is 2.25. The van der Waals surface area contributed by atoms with Crippen LogP contribution in [0.2, 0.25) is 0 Å². The van der Waals surface area contributed by atoms with Gasteiger partial charge in [0.25, 0.3) is 5.69 Å². The van der Waals surface area contributed by atoms with Gasteiger partial charge in [-0.15, -0.1) is 0 Å². The van der Waals surface area contributed by atoms with Crippen molar-refractivity contribution in [3.05, 3.63) is 28.3 Å². The molecule has 1 aromatic carbocycles. The summed E-state index contributed by atoms with van der Waals surface area (Å²) in [7, 11) is 0.828. The summed E-state index contributed by atoms with van der Waals surface area (Å²) in [5.41, 5.74) is -3.27. The molecule has 0 saturated heterocycles. The highest BCUT2D eigenvalue weighted by Crippen LogP contribution is 2.48. The number of carbonyl (C=O) groups excluding carboxylic acids is 1. The first-order valence-electron chi connectivity index (χ1n) is 8.45. The number of benzene rings is 1. The average Bonchev–Trinajstić information content (AvgIpc) is 3.04. The van der Waals surface area contributed by atoms with E-state index in [-0.39, 0.29) is 16.8 Å². The molecule has 0 aliphatic carbocycles. The molecule has 0 fully saturated rings. The monoisotopic (exact) mass is 431 g/mol. The molecule has 0 spiro atoms. The molecule has 2 heterocycles. The van der Waals surface area contributed by atoms with Crippen LogP contribution in [0.5, 0.6) is 0 Å². The lowest BCUT2D eigenvalue weighted by Crippen LogP contribution is -2.58. The van der Waals surface area contributed by atoms with E-state index >= 15 is 0 Å². The highest BCUT2D eigenvalue weighted by molar-refractivity contribution is 8.15. The number of amidine groups is 1. The second-order valence-electron chi connectivity index (χ2n) is 5.99. The predicted molar refractivity (Wildman–Crippen MR) is 100 cm³/mol. The van der Waals surface area contributed by atoms with Gasteiger partial charge in [0, 0.05) is 30.1 Å². The molecule has 156 valence electrons. The lowest BCUT2D eigenvalue weighted by atomic mass is 10.1. The van der Waals surface area contributed by atoms with Crippen LogP contribution >= 0.6 is 11.8 Å². The van der Waals surface area contributed by atoms with Gasteiger partial charge < -0.3 is 9.64 Å². The maximum Gasteiger partial charge on any atom is 0.446 e. The Bertz CT molecular complexity index is 932. The summed E-state index contributed by atoms with van der Waals surface area (Å²) in [5.74, 6) is -1.80. The number of non-ortho nitro benzene ring substituents is 1. The SMILES string of the molecule is CCN(CC)C1=N[C@](C(=O)OC)(C(F)(F)F)N=C2Sc3cc([N+](=O)[O-])ccc3N21. The molecule has 0 aromatic heterocycles. The number of guanidine groups is 1. The molecule has 0 unspecified atom stereocenters. The van der Waals surface area contributed by atoms with E-state index in [0.717, 1.165) is 18.9 Å². The number of methoxy groups -OCH3 is 1. The third kappa shape index (κ3) is 3.18. The molecule has 2 aliphatic rings. The number of ether oxygens (including phenoxy) is 1. The van der Waals surface area contributed by atoms with Gasteiger partial charge in [-0.3, -0.25) is 15.0 Å². The quantitative estimate of drug-likeness (QED) is 0.410. The number of carbonyl (C=O) groups is 1. The van der Waals surface area contributed by atoms with Gasteiger partial charge >= 0.3 is 17.8 Å². The number of nitro groups is 1. The van der Waals surface area contributed by atoms with Crippen molar-refractivity contribution in [2.75, 3.05) is 25.1 Å². The van der Waals surface area contributed by atoms with E-state index in [1.54, 1.807) is 13.8 Å². The zero-order chi connectivity index (χ0) is 21.6. The average molecular weight is 431 g/mol. The number of thioether (sulfide) groups is 1. The molecule has 0 N–H and O–H groups in total. The van der Waals surface area contributed by atoms with E-state index in [9.17, 15) is 28.1 Å². The molecule has 29 heavy (non-hydrogen) atoms. The largest absolute Gasteiger partial charge is 0.465 e. The summed E-state index contributed by atoms with van der Waals surface area (Å²) in [6.07, 6.45) is -5.15. The number of hydrogen-bond donors (Lipinski definition) is 0. The Labute approximate surface area is 167 Å². The number of aliphatic imine (C=N–C) groups is 2. The maximum absolute atomic E-state index is 14.0. The molecule has 3 rings (SSSR count). The lowest BCUT2D eigenvalue weighted by molar-refractivity contribution is -0.385. The highest BCUT2D eigenvalue weighted by Gasteiger charge is 2.66. The Morgan fingerprint density at radius 3 is 2.52 bits per heavy atom. The van der Waals surface area contributed by atoms with Crippen molar-refractivity contribution in [2.24, 2.45) is 9.98 Å². The van der Waals surface area contributed by atoms with Gasteiger partial charge in [-0.25, -0.2) is 14.8 Å². The number of nitro benzene ring substituents is 1. The van der Waals surface area contributed by atoms with Crippen molar-refractivity contribution in [2.45, 2.75) is 30.6 Å². The summed E-state index contributed by atoms with van der Waals surface area (Å²) >= 11 is 0.796. The topological polar surface area (TPSA) is 101 Å². The van der Waals surface area contributed by atoms with Gasteiger partial charge in [-0.1, -0.05) is 0 Å². The van der Waals surface area contributed by atoms with Gasteiger partial charge in [0.05, 0.1) is 17.7 Å². The number of esters is 1. The fourth-order valence-electron chi connectivity index (χ4n) is 2.95. The molecule has 2 aliphatic heterocycles. The molecular formula is C16H16F3N5O4S. The molecule has 1 atom stereocenters. The van der Waals surface area contributed by atoms with E-state index in [0.29, 0.717) is 23.7 Å². The third-order valence-corrected chi connectivity index (χ3v) is 5.42. The van der Waals surface area contributed by atoms with E-state index in [4.69, 9.17) is 0 Å². The van der Waals surface area contributed by atoms with Crippen LogP contribution in [0.15, 0.2) is 33.1 Å². The minimum atomic E-state index is -5.15. The van der Waals surface area contributed by atoms with Crippen LogP contribution in [0.25, 0.3) is 0 Å². The number of fused-ring (bicyclic) bond motifs is 3. The summed E-state index contributed by atoms with van der Waals surface area (Å²) < 4.78 is 46.3. The number of hydrogen-bond acceptors (Lipinski definition) is 9. The van der Waals surface area contributed by atoms with E-state index in [1.807, 2.05) is 0 Å². The minimum absolute atomic E-state index is 0.136. The van der Waals surface area contributed by atoms with Crippen molar-refractivity contribution >= 4 is 40.2 Å². The number of rotatable bonds is 4. The Kier molecular flexibility index (Phi) is 5.19. The molecule has 1 aromatic rings. The zero-order valence-electron chi connectivity index (χ0n) is 15.6. The van der Waals surface area contributed by atoms with Crippen LogP contribution in [0.3, 0.4) is 0 Å². The van der Waals surface area contributed by atoms with Crippen molar-refractivity contribution < 1.29 is 27.6 Å². The highest BCUT2D eigenvalue weighted by atomic mass is 32.2. The van der Waals surface area contributed by atoms with Crippen LogP contribution in [0, 0.1) is 10.1 Å². The van der Waals surface area contributed by atoms with Crippen molar-refractivity contribution in [1.82, 2.24) is 4.90 Å². The third-order valence-electron chi connectivity index (χ3n) is 4.42. The Morgan fingerprint density at radius 2 is 2.00 bits per heavy atom. The lowest BCUT2D eigenvalue weighted by Gasteiger charge is -2.37. The zero-order valence-corrected chi connectivity index (χ0v) is 16.4. The van der Waals surface area contributed by atoms with Gasteiger partial charge in [0.1, 0.15) is 0 Å². The minimum Gasteiger partial charge on any atom is -0.465 e. The molecule has 0 bridgehead atoms. The molecular weight excluding hydrogens is 415 g/mol. The van der Waals surface area contributed by atoms with Crippen molar-refractivity contribution in [3.63, 3.8) is 0 Å². The molecule has 0 radical (unpaired) electrons. The van der Waals surface area contributed by atoms with Crippen LogP contribution in [0.4, 0.5) is 24.5 Å². The molecule has 0 amide bonds. The molecule has 9 nitrogen and oxygen atoms in total. The first-order chi connectivity index (χ1) is 13.6. The van der Waals surface area contributed by atoms with Crippen LogP contribution < -0.4 is 4.90 Å². The summed E-state index contributed by atoms with van der Waals surface area (Å²) in [5, 5.41) is 10.9. The number of halogens is 3. The van der Waals surface area contributed by atoms with Crippen LogP contribution in [-0.2, 0) is 9.53 Å². The summed E-state index contributed by atoms with van der Waals surface area (Å²) in [6, 6.07) is 3.91. The number of nitrogens with zero attached hydrogens (tertiary/aromatic N) is 5. The standard InChI is InChI=1S/C16H16F3N5O4S/c1-4-22(5-2)13-20-15(12(25)28-3,16(17,18)19)21-14-23(13)10-7-6-9(24(26)27)8-11(10)29-14/h6-8H,4-5H2,1-3H3/t15-/m0/s1. The smallest absolute Gasteiger partial charge is 0.446 e. The van der Waals surface area contributed by atoms with Crippen molar-refractivity contribution in [1.29, 1.82) is 0 Å². The summed E-state index contributed by atoms with van der Waals surface area (Å²) in [4.78, 5) is 33.2. The number of anilines is 1.